The van der Waals surface area contributed by atoms with Gasteiger partial charge in [-0.25, -0.2) is 0 Å². The fraction of sp³-hybridized carbons (Fsp3) is 0.353. The summed E-state index contributed by atoms with van der Waals surface area (Å²) in [6.45, 7) is 5.17. The van der Waals surface area contributed by atoms with Gasteiger partial charge in [0, 0.05) is 22.1 Å². The fourth-order valence-electron chi connectivity index (χ4n) is 2.21. The summed E-state index contributed by atoms with van der Waals surface area (Å²) >= 11 is 3.33. The van der Waals surface area contributed by atoms with Crippen LogP contribution in [0.4, 0.5) is 5.69 Å². The van der Waals surface area contributed by atoms with Gasteiger partial charge in [0.1, 0.15) is 5.76 Å². The molecule has 1 N–H and O–H groups in total. The lowest BCUT2D eigenvalue weighted by Crippen LogP contribution is -2.30. The largest absolute Gasteiger partial charge is 0.453 e. The van der Waals surface area contributed by atoms with Crippen LogP contribution < -0.4 is 5.32 Å². The van der Waals surface area contributed by atoms with Crippen molar-refractivity contribution in [3.8, 4) is 0 Å². The Morgan fingerprint density at radius 2 is 2.12 bits per heavy atom. The summed E-state index contributed by atoms with van der Waals surface area (Å²) < 4.78 is 11.1. The Hall–Kier alpha value is -2.15. The van der Waals surface area contributed by atoms with Gasteiger partial charge in [-0.15, -0.1) is 0 Å². The lowest BCUT2D eigenvalue weighted by molar-refractivity contribution is -0.153. The second kappa shape index (κ2) is 8.10. The predicted molar refractivity (Wildman–Crippen MR) is 92.6 cm³/mol. The lowest BCUT2D eigenvalue weighted by Gasteiger charge is -2.13. The first-order chi connectivity index (χ1) is 11.4. The van der Waals surface area contributed by atoms with Crippen LogP contribution in [0.25, 0.3) is 0 Å². The van der Waals surface area contributed by atoms with Gasteiger partial charge in [0.05, 0.1) is 5.69 Å². The van der Waals surface area contributed by atoms with E-state index in [-0.39, 0.29) is 12.3 Å². The second-order valence-electron chi connectivity index (χ2n) is 5.43. The molecule has 2 aromatic rings. The van der Waals surface area contributed by atoms with E-state index in [1.54, 1.807) is 32.0 Å². The van der Waals surface area contributed by atoms with Crippen LogP contribution in [0.5, 0.6) is 0 Å². The number of rotatable bonds is 6. The molecule has 1 aromatic heterocycles. The smallest absolute Gasteiger partial charge is 0.306 e. The van der Waals surface area contributed by atoms with E-state index in [2.05, 4.69) is 26.4 Å². The van der Waals surface area contributed by atoms with E-state index >= 15 is 0 Å². The number of hydrogen-bond acceptors (Lipinski definition) is 5. The molecule has 0 aliphatic rings. The average molecular weight is 395 g/mol. The molecule has 7 heteroatoms. The molecule has 0 saturated carbocycles. The maximum absolute atomic E-state index is 12.1. The molecule has 128 valence electrons. The van der Waals surface area contributed by atoms with Crippen LogP contribution in [-0.4, -0.2) is 23.1 Å². The quantitative estimate of drug-likeness (QED) is 0.757. The summed E-state index contributed by atoms with van der Waals surface area (Å²) in [4.78, 5) is 24.0. The van der Waals surface area contributed by atoms with E-state index < -0.39 is 12.1 Å². The highest BCUT2D eigenvalue weighted by molar-refractivity contribution is 9.10. The summed E-state index contributed by atoms with van der Waals surface area (Å²) in [6.07, 6.45) is -0.238. The SMILES string of the molecule is Cc1noc(C)c1CCC(=O)O[C@H](C)C(=O)Nc1cccc(Br)c1. The molecule has 0 saturated heterocycles. The number of ether oxygens (including phenoxy) is 1. The van der Waals surface area contributed by atoms with Crippen LogP contribution in [0.3, 0.4) is 0 Å². The van der Waals surface area contributed by atoms with E-state index in [9.17, 15) is 9.59 Å². The molecule has 0 aliphatic heterocycles. The molecule has 6 nitrogen and oxygen atoms in total. The molecule has 1 heterocycles. The highest BCUT2D eigenvalue weighted by Gasteiger charge is 2.19. The predicted octanol–water partition coefficient (Wildman–Crippen LogP) is 3.56. The Balaban J connectivity index is 1.83. The van der Waals surface area contributed by atoms with Gasteiger partial charge in [0.2, 0.25) is 0 Å². The Kier molecular flexibility index (Phi) is 6.14. The second-order valence-corrected chi connectivity index (χ2v) is 6.35. The van der Waals surface area contributed by atoms with Crippen molar-refractivity contribution in [2.45, 2.75) is 39.7 Å². The number of hydrogen-bond donors (Lipinski definition) is 1. The Morgan fingerprint density at radius 1 is 1.38 bits per heavy atom. The number of halogens is 1. The molecule has 0 unspecified atom stereocenters. The zero-order chi connectivity index (χ0) is 17.7. The monoisotopic (exact) mass is 394 g/mol. The molecular formula is C17H19BrN2O4. The molecular weight excluding hydrogens is 376 g/mol. The first-order valence-electron chi connectivity index (χ1n) is 7.54. The Bertz CT molecular complexity index is 722. The van der Waals surface area contributed by atoms with E-state index in [1.807, 2.05) is 13.0 Å². The molecule has 0 bridgehead atoms. The third-order valence-electron chi connectivity index (χ3n) is 3.53. The number of carbonyl (C=O) groups is 2. The molecule has 1 aromatic carbocycles. The number of benzene rings is 1. The van der Waals surface area contributed by atoms with Crippen molar-refractivity contribution in [2.24, 2.45) is 0 Å². The normalized spacial score (nSPS) is 11.8. The van der Waals surface area contributed by atoms with Gasteiger partial charge in [-0.1, -0.05) is 27.2 Å². The lowest BCUT2D eigenvalue weighted by atomic mass is 10.1. The van der Waals surface area contributed by atoms with Crippen molar-refractivity contribution >= 4 is 33.5 Å². The van der Waals surface area contributed by atoms with Crippen LogP contribution in [-0.2, 0) is 20.7 Å². The molecule has 0 aliphatic carbocycles. The van der Waals surface area contributed by atoms with Crippen molar-refractivity contribution in [1.82, 2.24) is 5.16 Å². The van der Waals surface area contributed by atoms with Crippen molar-refractivity contribution in [3.05, 3.63) is 45.8 Å². The van der Waals surface area contributed by atoms with Gasteiger partial charge in [-0.2, -0.15) is 0 Å². The van der Waals surface area contributed by atoms with Crippen molar-refractivity contribution < 1.29 is 18.8 Å². The molecule has 1 atom stereocenters. The highest BCUT2D eigenvalue weighted by Crippen LogP contribution is 2.17. The number of esters is 1. The summed E-state index contributed by atoms with van der Waals surface area (Å²) in [5.41, 5.74) is 2.30. The topological polar surface area (TPSA) is 81.4 Å². The molecule has 0 radical (unpaired) electrons. The zero-order valence-electron chi connectivity index (χ0n) is 13.8. The molecule has 1 amide bonds. The van der Waals surface area contributed by atoms with Crippen molar-refractivity contribution in [3.63, 3.8) is 0 Å². The standard InChI is InChI=1S/C17H19BrN2O4/c1-10-15(11(2)24-20-10)7-8-16(21)23-12(3)17(22)19-14-6-4-5-13(18)9-14/h4-6,9,12H,7-8H2,1-3H3,(H,19,22)/t12-/m1/s1. The number of aromatic nitrogens is 1. The fourth-order valence-corrected chi connectivity index (χ4v) is 2.60. The van der Waals surface area contributed by atoms with Gasteiger partial charge < -0.3 is 14.6 Å². The molecule has 2 rings (SSSR count). The maximum Gasteiger partial charge on any atom is 0.306 e. The van der Waals surface area contributed by atoms with Gasteiger partial charge in [0.15, 0.2) is 6.10 Å². The van der Waals surface area contributed by atoms with E-state index in [4.69, 9.17) is 9.26 Å². The Labute approximate surface area is 148 Å². The number of nitrogens with zero attached hydrogens (tertiary/aromatic N) is 1. The number of nitrogens with one attached hydrogen (secondary N) is 1. The van der Waals surface area contributed by atoms with Gasteiger partial charge >= 0.3 is 5.97 Å². The summed E-state index contributed by atoms with van der Waals surface area (Å²) in [7, 11) is 0. The first kappa shape index (κ1) is 18.2. The van der Waals surface area contributed by atoms with Gasteiger partial charge in [-0.3, -0.25) is 9.59 Å². The van der Waals surface area contributed by atoms with E-state index in [0.29, 0.717) is 17.9 Å². The van der Waals surface area contributed by atoms with Gasteiger partial charge in [-0.05, 0) is 45.4 Å². The third-order valence-corrected chi connectivity index (χ3v) is 4.02. The maximum atomic E-state index is 12.1. The molecule has 0 spiro atoms. The minimum atomic E-state index is -0.874. The van der Waals surface area contributed by atoms with Gasteiger partial charge in [0.25, 0.3) is 5.91 Å². The average Bonchev–Trinajstić information content (AvgIpc) is 2.84. The number of amides is 1. The van der Waals surface area contributed by atoms with E-state index in [1.165, 1.54) is 0 Å². The van der Waals surface area contributed by atoms with Crippen molar-refractivity contribution in [2.75, 3.05) is 5.32 Å². The van der Waals surface area contributed by atoms with Crippen LogP contribution >= 0.6 is 15.9 Å². The summed E-state index contributed by atoms with van der Waals surface area (Å²) in [5, 5.41) is 6.55. The minimum absolute atomic E-state index is 0.164. The van der Waals surface area contributed by atoms with Crippen LogP contribution in [0, 0.1) is 13.8 Å². The first-order valence-corrected chi connectivity index (χ1v) is 8.33. The van der Waals surface area contributed by atoms with Crippen molar-refractivity contribution in [1.29, 1.82) is 0 Å². The Morgan fingerprint density at radius 3 is 2.75 bits per heavy atom. The molecule has 24 heavy (non-hydrogen) atoms. The van der Waals surface area contributed by atoms with Crippen LogP contribution in [0.1, 0.15) is 30.4 Å². The summed E-state index contributed by atoms with van der Waals surface area (Å²) in [5.74, 6) is -0.119. The highest BCUT2D eigenvalue weighted by atomic mass is 79.9. The van der Waals surface area contributed by atoms with Crippen LogP contribution in [0.2, 0.25) is 0 Å². The third kappa shape index (κ3) is 4.92. The minimum Gasteiger partial charge on any atom is -0.453 e. The zero-order valence-corrected chi connectivity index (χ0v) is 15.3. The summed E-state index contributed by atoms with van der Waals surface area (Å²) in [6, 6.07) is 7.19. The number of carbonyl (C=O) groups excluding carboxylic acids is 2. The number of aryl methyl sites for hydroxylation is 2. The number of anilines is 1. The molecule has 0 fully saturated rings. The van der Waals surface area contributed by atoms with E-state index in [0.717, 1.165) is 15.7 Å². The van der Waals surface area contributed by atoms with Crippen LogP contribution in [0.15, 0.2) is 33.3 Å².